The van der Waals surface area contributed by atoms with Crippen LogP contribution in [-0.2, 0) is 5.54 Å². The summed E-state index contributed by atoms with van der Waals surface area (Å²) in [6, 6.07) is 4.36. The molecule has 1 aromatic carbocycles. The molecule has 118 valence electrons. The molecular weight excluding hydrogens is 258 g/mol. The van der Waals surface area contributed by atoms with Gasteiger partial charge < -0.3 is 10.5 Å². The van der Waals surface area contributed by atoms with E-state index in [-0.39, 0.29) is 5.54 Å². The van der Waals surface area contributed by atoms with Gasteiger partial charge in [-0.3, -0.25) is 0 Å². The van der Waals surface area contributed by atoms with E-state index in [9.17, 15) is 0 Å². The average Bonchev–Trinajstić information content (AvgIpc) is 2.36. The molecule has 2 atom stereocenters. The van der Waals surface area contributed by atoms with Crippen LogP contribution in [0, 0.1) is 25.7 Å². The fourth-order valence-corrected chi connectivity index (χ4v) is 4.25. The molecule has 0 aliphatic heterocycles. The second-order valence-electron chi connectivity index (χ2n) is 7.41. The second kappa shape index (κ2) is 6.39. The number of nitrogens with two attached hydrogens (primary N) is 1. The molecule has 0 bridgehead atoms. The minimum Gasteiger partial charge on any atom is -0.496 e. The lowest BCUT2D eigenvalue weighted by Crippen LogP contribution is -2.42. The first-order valence-corrected chi connectivity index (χ1v) is 8.30. The predicted octanol–water partition coefficient (Wildman–Crippen LogP) is 4.70. The van der Waals surface area contributed by atoms with Crippen LogP contribution in [0.15, 0.2) is 12.1 Å². The third-order valence-electron chi connectivity index (χ3n) is 4.85. The Morgan fingerprint density at radius 3 is 2.67 bits per heavy atom. The summed E-state index contributed by atoms with van der Waals surface area (Å²) in [6.45, 7) is 8.91. The SMILES string of the molecule is COc1cc(C)cc(C)c1C1(N)CCCC(CC(C)C)C1. The van der Waals surface area contributed by atoms with Gasteiger partial charge in [-0.1, -0.05) is 32.8 Å². The van der Waals surface area contributed by atoms with Crippen molar-refractivity contribution in [1.82, 2.24) is 0 Å². The van der Waals surface area contributed by atoms with Crippen molar-refractivity contribution in [2.45, 2.75) is 65.3 Å². The van der Waals surface area contributed by atoms with Crippen LogP contribution in [-0.4, -0.2) is 7.11 Å². The Labute approximate surface area is 130 Å². The molecule has 1 aromatic rings. The van der Waals surface area contributed by atoms with E-state index < -0.39 is 0 Å². The van der Waals surface area contributed by atoms with Crippen molar-refractivity contribution in [2.75, 3.05) is 7.11 Å². The van der Waals surface area contributed by atoms with Crippen LogP contribution in [0.25, 0.3) is 0 Å². The Morgan fingerprint density at radius 2 is 2.05 bits per heavy atom. The van der Waals surface area contributed by atoms with Gasteiger partial charge in [0, 0.05) is 11.1 Å². The van der Waals surface area contributed by atoms with Crippen LogP contribution in [0.1, 0.15) is 62.6 Å². The maximum Gasteiger partial charge on any atom is 0.124 e. The number of hydrogen-bond donors (Lipinski definition) is 1. The number of methoxy groups -OCH3 is 1. The van der Waals surface area contributed by atoms with Crippen LogP contribution >= 0.6 is 0 Å². The van der Waals surface area contributed by atoms with E-state index >= 15 is 0 Å². The van der Waals surface area contributed by atoms with E-state index in [1.807, 2.05) is 0 Å². The molecular formula is C19H31NO. The Kier molecular flexibility index (Phi) is 4.98. The highest BCUT2D eigenvalue weighted by Crippen LogP contribution is 2.44. The van der Waals surface area contributed by atoms with Gasteiger partial charge in [0.1, 0.15) is 5.75 Å². The summed E-state index contributed by atoms with van der Waals surface area (Å²) in [5, 5.41) is 0. The van der Waals surface area contributed by atoms with Gasteiger partial charge >= 0.3 is 0 Å². The number of hydrogen-bond acceptors (Lipinski definition) is 2. The van der Waals surface area contributed by atoms with E-state index in [2.05, 4.69) is 39.8 Å². The Bertz CT molecular complexity index is 495. The standard InChI is InChI=1S/C19H31NO/c1-13(2)9-16-7-6-8-19(20,12-16)18-15(4)10-14(3)11-17(18)21-5/h10-11,13,16H,6-9,12,20H2,1-5H3. The predicted molar refractivity (Wildman–Crippen MR) is 89.7 cm³/mol. The van der Waals surface area contributed by atoms with E-state index in [0.717, 1.165) is 30.4 Å². The average molecular weight is 289 g/mol. The summed E-state index contributed by atoms with van der Waals surface area (Å²) in [7, 11) is 1.76. The lowest BCUT2D eigenvalue weighted by Gasteiger charge is -2.40. The van der Waals surface area contributed by atoms with Crippen LogP contribution < -0.4 is 10.5 Å². The smallest absolute Gasteiger partial charge is 0.124 e. The number of aryl methyl sites for hydroxylation is 2. The zero-order valence-corrected chi connectivity index (χ0v) is 14.3. The van der Waals surface area contributed by atoms with Gasteiger partial charge in [0.25, 0.3) is 0 Å². The first kappa shape index (κ1) is 16.4. The largest absolute Gasteiger partial charge is 0.496 e. The monoisotopic (exact) mass is 289 g/mol. The zero-order chi connectivity index (χ0) is 15.6. The van der Waals surface area contributed by atoms with Crippen molar-refractivity contribution < 1.29 is 4.74 Å². The molecule has 2 heteroatoms. The van der Waals surface area contributed by atoms with Crippen molar-refractivity contribution in [2.24, 2.45) is 17.6 Å². The highest BCUT2D eigenvalue weighted by Gasteiger charge is 2.37. The van der Waals surface area contributed by atoms with Crippen molar-refractivity contribution in [3.05, 3.63) is 28.8 Å². The molecule has 0 spiro atoms. The Balaban J connectivity index is 2.35. The van der Waals surface area contributed by atoms with Gasteiger partial charge in [-0.15, -0.1) is 0 Å². The van der Waals surface area contributed by atoms with E-state index in [1.54, 1.807) is 7.11 Å². The highest BCUT2D eigenvalue weighted by atomic mass is 16.5. The lowest BCUT2D eigenvalue weighted by atomic mass is 9.69. The minimum absolute atomic E-state index is 0.221. The molecule has 2 N–H and O–H groups in total. The molecule has 2 rings (SSSR count). The van der Waals surface area contributed by atoms with Crippen LogP contribution in [0.2, 0.25) is 0 Å². The van der Waals surface area contributed by atoms with Crippen molar-refractivity contribution in [3.63, 3.8) is 0 Å². The molecule has 0 heterocycles. The first-order valence-electron chi connectivity index (χ1n) is 8.30. The number of rotatable bonds is 4. The molecule has 1 aliphatic rings. The number of benzene rings is 1. The van der Waals surface area contributed by atoms with Gasteiger partial charge in [0.05, 0.1) is 7.11 Å². The second-order valence-corrected chi connectivity index (χ2v) is 7.41. The summed E-state index contributed by atoms with van der Waals surface area (Å²) in [5.41, 5.74) is 10.4. The third-order valence-corrected chi connectivity index (χ3v) is 4.85. The molecule has 2 nitrogen and oxygen atoms in total. The topological polar surface area (TPSA) is 35.2 Å². The summed E-state index contributed by atoms with van der Waals surface area (Å²) in [4.78, 5) is 0. The Hall–Kier alpha value is -1.02. The molecule has 1 aliphatic carbocycles. The molecule has 0 amide bonds. The fraction of sp³-hybridized carbons (Fsp3) is 0.684. The molecule has 0 aromatic heterocycles. The third kappa shape index (κ3) is 3.60. The molecule has 1 saturated carbocycles. The summed E-state index contributed by atoms with van der Waals surface area (Å²) < 4.78 is 5.66. The maximum atomic E-state index is 6.89. The molecule has 0 saturated heterocycles. The zero-order valence-electron chi connectivity index (χ0n) is 14.3. The first-order chi connectivity index (χ1) is 9.85. The Morgan fingerprint density at radius 1 is 1.33 bits per heavy atom. The number of ether oxygens (including phenoxy) is 1. The van der Waals surface area contributed by atoms with Crippen molar-refractivity contribution in [3.8, 4) is 5.75 Å². The fourth-order valence-electron chi connectivity index (χ4n) is 4.25. The summed E-state index contributed by atoms with van der Waals surface area (Å²) >= 11 is 0. The molecule has 21 heavy (non-hydrogen) atoms. The van der Waals surface area contributed by atoms with E-state index in [0.29, 0.717) is 0 Å². The van der Waals surface area contributed by atoms with Gasteiger partial charge in [-0.05, 0) is 62.1 Å². The maximum absolute atomic E-state index is 6.89. The molecule has 1 fully saturated rings. The van der Waals surface area contributed by atoms with Gasteiger partial charge in [-0.25, -0.2) is 0 Å². The van der Waals surface area contributed by atoms with Gasteiger partial charge in [-0.2, -0.15) is 0 Å². The quantitative estimate of drug-likeness (QED) is 0.871. The van der Waals surface area contributed by atoms with Crippen LogP contribution in [0.5, 0.6) is 5.75 Å². The van der Waals surface area contributed by atoms with Gasteiger partial charge in [0.2, 0.25) is 0 Å². The normalized spacial score (nSPS) is 26.1. The van der Waals surface area contributed by atoms with E-state index in [1.165, 1.54) is 36.0 Å². The summed E-state index contributed by atoms with van der Waals surface area (Å²) in [5.74, 6) is 2.47. The minimum atomic E-state index is -0.221. The summed E-state index contributed by atoms with van der Waals surface area (Å²) in [6.07, 6.45) is 5.99. The highest BCUT2D eigenvalue weighted by molar-refractivity contribution is 5.47. The van der Waals surface area contributed by atoms with Crippen molar-refractivity contribution in [1.29, 1.82) is 0 Å². The van der Waals surface area contributed by atoms with Crippen LogP contribution in [0.3, 0.4) is 0 Å². The molecule has 0 radical (unpaired) electrons. The van der Waals surface area contributed by atoms with Crippen LogP contribution in [0.4, 0.5) is 0 Å². The van der Waals surface area contributed by atoms with Gasteiger partial charge in [0.15, 0.2) is 0 Å². The van der Waals surface area contributed by atoms with Crippen molar-refractivity contribution >= 4 is 0 Å². The van der Waals surface area contributed by atoms with E-state index in [4.69, 9.17) is 10.5 Å². The molecule has 2 unspecified atom stereocenters. The lowest BCUT2D eigenvalue weighted by molar-refractivity contribution is 0.197.